The van der Waals surface area contributed by atoms with Crippen LogP contribution in [0.2, 0.25) is 0 Å². The summed E-state index contributed by atoms with van der Waals surface area (Å²) >= 11 is 9.53. The maximum atomic E-state index is 4.76. The lowest BCUT2D eigenvalue weighted by Gasteiger charge is -1.86. The van der Waals surface area contributed by atoms with Crippen molar-refractivity contribution in [2.75, 3.05) is 5.34 Å². The molecule has 0 aliphatic rings. The fourth-order valence-corrected chi connectivity index (χ4v) is 1.000. The van der Waals surface area contributed by atoms with Crippen molar-refractivity contribution in [1.82, 2.24) is 0 Å². The Morgan fingerprint density at radius 2 is 0.667 bits per heavy atom. The molecule has 0 aliphatic carbocycles. The van der Waals surface area contributed by atoms with Crippen molar-refractivity contribution in [2.24, 2.45) is 0 Å². The SMILES string of the molecule is CCCCCC.CCCCCC.ClCCl. The van der Waals surface area contributed by atoms with Gasteiger partial charge in [0.05, 0.1) is 5.34 Å². The summed E-state index contributed by atoms with van der Waals surface area (Å²) in [5, 5.41) is 0.194. The molecule has 0 radical (unpaired) electrons. The third kappa shape index (κ3) is 53.3. The summed E-state index contributed by atoms with van der Waals surface area (Å²) in [5.74, 6) is 0. The molecule has 2 heteroatoms. The van der Waals surface area contributed by atoms with Gasteiger partial charge in [0, 0.05) is 0 Å². The highest BCUT2D eigenvalue weighted by Gasteiger charge is 1.75. The largest absolute Gasteiger partial charge is 0.109 e. The van der Waals surface area contributed by atoms with E-state index in [1.807, 2.05) is 0 Å². The Morgan fingerprint density at radius 1 is 0.533 bits per heavy atom. The first-order chi connectivity index (χ1) is 7.24. The summed E-state index contributed by atoms with van der Waals surface area (Å²) in [5.41, 5.74) is 0. The smallest absolute Gasteiger partial charge is 0.0967 e. The summed E-state index contributed by atoms with van der Waals surface area (Å²) in [6.07, 6.45) is 11.1. The highest BCUT2D eigenvalue weighted by atomic mass is 35.5. The number of halogens is 2. The third-order valence-electron chi connectivity index (χ3n) is 1.91. The second-order valence-corrected chi connectivity index (χ2v) is 4.32. The lowest BCUT2D eigenvalue weighted by Crippen LogP contribution is -1.66. The molecular formula is C13H30Cl2. The van der Waals surface area contributed by atoms with Crippen LogP contribution in [0.4, 0.5) is 0 Å². The molecular weight excluding hydrogens is 227 g/mol. The standard InChI is InChI=1S/2C6H14.CH2Cl2/c2*1-3-5-6-4-2;2-1-3/h2*3-6H2,1-2H3;1H2. The van der Waals surface area contributed by atoms with Crippen molar-refractivity contribution in [3.8, 4) is 0 Å². The van der Waals surface area contributed by atoms with Crippen LogP contribution in [-0.2, 0) is 0 Å². The Morgan fingerprint density at radius 3 is 0.733 bits per heavy atom. The monoisotopic (exact) mass is 256 g/mol. The molecule has 0 N–H and O–H groups in total. The first-order valence-electron chi connectivity index (χ1n) is 6.36. The molecule has 0 heterocycles. The van der Waals surface area contributed by atoms with Gasteiger partial charge in [0.2, 0.25) is 0 Å². The zero-order chi connectivity index (χ0) is 12.4. The van der Waals surface area contributed by atoms with Gasteiger partial charge in [0.25, 0.3) is 0 Å². The van der Waals surface area contributed by atoms with Crippen LogP contribution < -0.4 is 0 Å². The van der Waals surface area contributed by atoms with Crippen LogP contribution in [0.3, 0.4) is 0 Å². The van der Waals surface area contributed by atoms with Crippen molar-refractivity contribution in [1.29, 1.82) is 0 Å². The van der Waals surface area contributed by atoms with Crippen LogP contribution in [-0.4, -0.2) is 5.34 Å². The maximum absolute atomic E-state index is 4.76. The van der Waals surface area contributed by atoms with Gasteiger partial charge in [0.1, 0.15) is 0 Å². The van der Waals surface area contributed by atoms with Crippen molar-refractivity contribution < 1.29 is 0 Å². The summed E-state index contributed by atoms with van der Waals surface area (Å²) in [4.78, 5) is 0. The van der Waals surface area contributed by atoms with E-state index >= 15 is 0 Å². The third-order valence-corrected chi connectivity index (χ3v) is 1.91. The molecule has 0 unspecified atom stereocenters. The Labute approximate surface area is 108 Å². The van der Waals surface area contributed by atoms with Gasteiger partial charge < -0.3 is 0 Å². The summed E-state index contributed by atoms with van der Waals surface area (Å²) in [6, 6.07) is 0. The number of unbranched alkanes of at least 4 members (excludes halogenated alkanes) is 6. The average molecular weight is 257 g/mol. The topological polar surface area (TPSA) is 0 Å². The van der Waals surface area contributed by atoms with Crippen LogP contribution in [0.25, 0.3) is 0 Å². The van der Waals surface area contributed by atoms with Crippen molar-refractivity contribution in [3.63, 3.8) is 0 Å². The van der Waals surface area contributed by atoms with Gasteiger partial charge in [-0.2, -0.15) is 0 Å². The predicted molar refractivity (Wildman–Crippen MR) is 76.2 cm³/mol. The predicted octanol–water partition coefficient (Wildman–Crippen LogP) is 6.59. The van der Waals surface area contributed by atoms with Crippen LogP contribution in [0.1, 0.15) is 79.1 Å². The summed E-state index contributed by atoms with van der Waals surface area (Å²) in [6.45, 7) is 8.93. The molecule has 0 nitrogen and oxygen atoms in total. The van der Waals surface area contributed by atoms with E-state index in [-0.39, 0.29) is 5.34 Å². The second-order valence-electron chi connectivity index (χ2n) is 3.52. The molecule has 0 amide bonds. The fraction of sp³-hybridized carbons (Fsp3) is 1.00. The first kappa shape index (κ1) is 20.9. The minimum absolute atomic E-state index is 0.194. The van der Waals surface area contributed by atoms with Crippen molar-refractivity contribution in [3.05, 3.63) is 0 Å². The van der Waals surface area contributed by atoms with Crippen LogP contribution >= 0.6 is 23.2 Å². The van der Waals surface area contributed by atoms with E-state index < -0.39 is 0 Å². The molecule has 0 aliphatic heterocycles. The van der Waals surface area contributed by atoms with Crippen LogP contribution in [0.15, 0.2) is 0 Å². The summed E-state index contributed by atoms with van der Waals surface area (Å²) < 4.78 is 0. The molecule has 0 atom stereocenters. The van der Waals surface area contributed by atoms with Gasteiger partial charge in [-0.25, -0.2) is 0 Å². The number of hydrogen-bond acceptors (Lipinski definition) is 0. The highest BCUT2D eigenvalue weighted by molar-refractivity contribution is 6.40. The fourth-order valence-electron chi connectivity index (χ4n) is 1.000. The minimum Gasteiger partial charge on any atom is -0.109 e. The van der Waals surface area contributed by atoms with Gasteiger partial charge in [-0.15, -0.1) is 23.2 Å². The van der Waals surface area contributed by atoms with E-state index in [4.69, 9.17) is 23.2 Å². The average Bonchev–Trinajstić information content (AvgIpc) is 2.25. The molecule has 0 saturated carbocycles. The first-order valence-corrected chi connectivity index (χ1v) is 7.43. The molecule has 0 aromatic carbocycles. The number of alkyl halides is 2. The zero-order valence-corrected chi connectivity index (χ0v) is 12.6. The molecule has 0 spiro atoms. The van der Waals surface area contributed by atoms with Crippen molar-refractivity contribution >= 4 is 23.2 Å². The van der Waals surface area contributed by atoms with E-state index in [0.717, 1.165) is 0 Å². The van der Waals surface area contributed by atoms with E-state index in [0.29, 0.717) is 0 Å². The zero-order valence-electron chi connectivity index (χ0n) is 11.1. The van der Waals surface area contributed by atoms with Gasteiger partial charge in [-0.1, -0.05) is 79.1 Å². The maximum Gasteiger partial charge on any atom is 0.0967 e. The van der Waals surface area contributed by atoms with E-state index in [9.17, 15) is 0 Å². The Balaban J connectivity index is -0.000000153. The molecule has 15 heavy (non-hydrogen) atoms. The highest BCUT2D eigenvalue weighted by Crippen LogP contribution is 1.95. The molecule has 0 rings (SSSR count). The Bertz CT molecular complexity index is 49.6. The van der Waals surface area contributed by atoms with Crippen LogP contribution in [0.5, 0.6) is 0 Å². The van der Waals surface area contributed by atoms with Gasteiger partial charge in [-0.05, 0) is 0 Å². The van der Waals surface area contributed by atoms with Crippen molar-refractivity contribution in [2.45, 2.75) is 79.1 Å². The van der Waals surface area contributed by atoms with E-state index in [1.54, 1.807) is 0 Å². The second kappa shape index (κ2) is 29.3. The van der Waals surface area contributed by atoms with Crippen LogP contribution in [0, 0.1) is 0 Å². The van der Waals surface area contributed by atoms with Gasteiger partial charge in [0.15, 0.2) is 0 Å². The summed E-state index contributed by atoms with van der Waals surface area (Å²) in [7, 11) is 0. The molecule has 0 aromatic heterocycles. The molecule has 0 aromatic rings. The lowest BCUT2D eigenvalue weighted by atomic mass is 10.2. The molecule has 0 fully saturated rings. The molecule has 96 valence electrons. The lowest BCUT2D eigenvalue weighted by molar-refractivity contribution is 0.702. The van der Waals surface area contributed by atoms with Gasteiger partial charge >= 0.3 is 0 Å². The number of rotatable bonds is 6. The van der Waals surface area contributed by atoms with E-state index in [2.05, 4.69) is 27.7 Å². The minimum atomic E-state index is 0.194. The van der Waals surface area contributed by atoms with Gasteiger partial charge in [-0.3, -0.25) is 0 Å². The van der Waals surface area contributed by atoms with E-state index in [1.165, 1.54) is 51.4 Å². The number of hydrogen-bond donors (Lipinski definition) is 0. The quantitative estimate of drug-likeness (QED) is 0.371. The Kier molecular flexibility index (Phi) is 40.9. The molecule has 0 saturated heterocycles. The normalized spacial score (nSPS) is 8.40. The molecule has 0 bridgehead atoms. The Hall–Kier alpha value is 0.580.